The number of fused-ring (bicyclic) bond motifs is 2. The van der Waals surface area contributed by atoms with Crippen LogP contribution in [0.5, 0.6) is 0 Å². The van der Waals surface area contributed by atoms with E-state index in [1.54, 1.807) is 12.3 Å². The van der Waals surface area contributed by atoms with Gasteiger partial charge in [-0.1, -0.05) is 18.2 Å². The summed E-state index contributed by atoms with van der Waals surface area (Å²) in [4.78, 5) is 28.8. The lowest BCUT2D eigenvalue weighted by Gasteiger charge is -2.17. The Morgan fingerprint density at radius 3 is 2.90 bits per heavy atom. The van der Waals surface area contributed by atoms with Gasteiger partial charge in [-0.05, 0) is 67.9 Å². The summed E-state index contributed by atoms with van der Waals surface area (Å²) in [5, 5.41) is 13.9. The highest BCUT2D eigenvalue weighted by atomic mass is 16.4. The molecule has 1 aliphatic rings. The molecular formula is C25H28N2O4. The zero-order chi connectivity index (χ0) is 21.6. The highest BCUT2D eigenvalue weighted by Gasteiger charge is 2.21. The topological polar surface area (TPSA) is 92.4 Å². The molecule has 0 radical (unpaired) electrons. The average Bonchev–Trinajstić information content (AvgIpc) is 3.24. The SMILES string of the molecule is O=C(CCCCc1ccc2c(n1)NCCC2)CC[C@@H](C(=O)O)c1ccc2ccoc2c1. The lowest BCUT2D eigenvalue weighted by atomic mass is 9.92. The molecular weight excluding hydrogens is 392 g/mol. The molecule has 6 heteroatoms. The number of aromatic nitrogens is 1. The van der Waals surface area contributed by atoms with Crippen molar-refractivity contribution in [3.05, 3.63) is 59.5 Å². The summed E-state index contributed by atoms with van der Waals surface area (Å²) in [6, 6.07) is 11.5. The summed E-state index contributed by atoms with van der Waals surface area (Å²) in [6.45, 7) is 0.977. The number of aryl methyl sites for hydroxylation is 2. The van der Waals surface area contributed by atoms with E-state index in [9.17, 15) is 14.7 Å². The first-order valence-corrected chi connectivity index (χ1v) is 11.0. The number of pyridine rings is 1. The fourth-order valence-corrected chi connectivity index (χ4v) is 4.19. The summed E-state index contributed by atoms with van der Waals surface area (Å²) >= 11 is 0. The number of carboxylic acid groups (broad SMARTS) is 1. The van der Waals surface area contributed by atoms with Gasteiger partial charge in [-0.2, -0.15) is 0 Å². The van der Waals surface area contributed by atoms with E-state index in [0.29, 0.717) is 24.0 Å². The predicted octanol–water partition coefficient (Wildman–Crippen LogP) is 5.12. The summed E-state index contributed by atoms with van der Waals surface area (Å²) in [7, 11) is 0. The highest BCUT2D eigenvalue weighted by molar-refractivity contribution is 5.83. The third-order valence-electron chi connectivity index (χ3n) is 5.98. The van der Waals surface area contributed by atoms with Crippen molar-refractivity contribution in [2.75, 3.05) is 11.9 Å². The number of aliphatic carboxylic acids is 1. The second kappa shape index (κ2) is 9.77. The molecule has 0 saturated carbocycles. The maximum absolute atomic E-state index is 12.3. The van der Waals surface area contributed by atoms with Gasteiger partial charge in [-0.3, -0.25) is 9.59 Å². The average molecular weight is 421 g/mol. The third-order valence-corrected chi connectivity index (χ3v) is 5.98. The Morgan fingerprint density at radius 2 is 2.03 bits per heavy atom. The number of furan rings is 1. The number of ketones is 1. The molecule has 0 saturated heterocycles. The molecule has 3 aromatic rings. The molecule has 0 unspecified atom stereocenters. The Balaban J connectivity index is 1.23. The summed E-state index contributed by atoms with van der Waals surface area (Å²) in [5.74, 6) is -0.492. The lowest BCUT2D eigenvalue weighted by Crippen LogP contribution is -2.14. The van der Waals surface area contributed by atoms with Crippen molar-refractivity contribution in [3.8, 4) is 0 Å². The number of unbranched alkanes of at least 4 members (excludes halogenated alkanes) is 1. The number of carbonyl (C=O) groups excluding carboxylic acids is 1. The van der Waals surface area contributed by atoms with Gasteiger partial charge < -0.3 is 14.8 Å². The van der Waals surface area contributed by atoms with Gasteiger partial charge in [0.25, 0.3) is 0 Å². The van der Waals surface area contributed by atoms with Gasteiger partial charge in [0.05, 0.1) is 12.2 Å². The second-order valence-corrected chi connectivity index (χ2v) is 8.23. The smallest absolute Gasteiger partial charge is 0.310 e. The number of carbonyl (C=O) groups is 2. The molecule has 2 N–H and O–H groups in total. The van der Waals surface area contributed by atoms with Crippen LogP contribution >= 0.6 is 0 Å². The number of hydrogen-bond acceptors (Lipinski definition) is 5. The molecule has 6 nitrogen and oxygen atoms in total. The van der Waals surface area contributed by atoms with Gasteiger partial charge in [-0.15, -0.1) is 0 Å². The number of nitrogens with one attached hydrogen (secondary N) is 1. The largest absolute Gasteiger partial charge is 0.481 e. The minimum Gasteiger partial charge on any atom is -0.481 e. The lowest BCUT2D eigenvalue weighted by molar-refractivity contribution is -0.139. The maximum atomic E-state index is 12.3. The first-order valence-electron chi connectivity index (χ1n) is 11.0. The Bertz CT molecular complexity index is 1070. The molecule has 0 bridgehead atoms. The van der Waals surface area contributed by atoms with Crippen LogP contribution in [0.15, 0.2) is 47.1 Å². The molecule has 162 valence electrons. The zero-order valence-electron chi connectivity index (χ0n) is 17.6. The van der Waals surface area contributed by atoms with Crippen LogP contribution in [0.25, 0.3) is 11.0 Å². The van der Waals surface area contributed by atoms with E-state index in [1.165, 1.54) is 5.56 Å². The predicted molar refractivity (Wildman–Crippen MR) is 119 cm³/mol. The highest BCUT2D eigenvalue weighted by Crippen LogP contribution is 2.27. The monoisotopic (exact) mass is 420 g/mol. The number of benzene rings is 1. The molecule has 1 atom stereocenters. The first-order chi connectivity index (χ1) is 15.1. The van der Waals surface area contributed by atoms with Crippen LogP contribution in [-0.4, -0.2) is 28.4 Å². The number of rotatable bonds is 10. The van der Waals surface area contributed by atoms with Crippen LogP contribution in [0.1, 0.15) is 61.3 Å². The van der Waals surface area contributed by atoms with Crippen LogP contribution in [0, 0.1) is 0 Å². The number of carboxylic acids is 1. The van der Waals surface area contributed by atoms with Crippen molar-refractivity contribution in [3.63, 3.8) is 0 Å². The second-order valence-electron chi connectivity index (χ2n) is 8.23. The van der Waals surface area contributed by atoms with Gasteiger partial charge in [0.2, 0.25) is 0 Å². The minimum atomic E-state index is -0.911. The molecule has 0 aliphatic carbocycles. The molecule has 0 spiro atoms. The maximum Gasteiger partial charge on any atom is 0.310 e. The van der Waals surface area contributed by atoms with Crippen LogP contribution < -0.4 is 5.32 Å². The van der Waals surface area contributed by atoms with Crippen molar-refractivity contribution in [2.24, 2.45) is 0 Å². The van der Waals surface area contributed by atoms with E-state index in [-0.39, 0.29) is 12.2 Å². The van der Waals surface area contributed by atoms with Gasteiger partial charge in [0.1, 0.15) is 17.2 Å². The van der Waals surface area contributed by atoms with Gasteiger partial charge in [0, 0.05) is 30.5 Å². The molecule has 31 heavy (non-hydrogen) atoms. The van der Waals surface area contributed by atoms with Gasteiger partial charge >= 0.3 is 5.97 Å². The summed E-state index contributed by atoms with van der Waals surface area (Å²) < 4.78 is 5.38. The summed E-state index contributed by atoms with van der Waals surface area (Å²) in [6.07, 6.45) is 7.41. The van der Waals surface area contributed by atoms with Gasteiger partial charge in [0.15, 0.2) is 0 Å². The van der Waals surface area contributed by atoms with Crippen molar-refractivity contribution >= 4 is 28.5 Å². The standard InChI is InChI=1S/C25H28N2O4/c28-21(6-2-1-5-20-10-9-18-4-3-14-26-24(18)27-20)11-12-22(25(29)30)19-8-7-17-13-15-31-23(17)16-19/h7-10,13,15-16,22H,1-6,11-12,14H2,(H,26,27)(H,29,30)/t22-/m1/s1. The van der Waals surface area contributed by atoms with Crippen LogP contribution in [0.4, 0.5) is 5.82 Å². The molecule has 2 aromatic heterocycles. The third kappa shape index (κ3) is 5.32. The van der Waals surface area contributed by atoms with E-state index in [2.05, 4.69) is 17.4 Å². The normalized spacial score (nSPS) is 14.1. The number of Topliss-reactive ketones (excluding diaryl/α,β-unsaturated/α-hetero) is 1. The Labute approximate surface area is 181 Å². The quantitative estimate of drug-likeness (QED) is 0.443. The van der Waals surface area contributed by atoms with E-state index in [1.807, 2.05) is 18.2 Å². The van der Waals surface area contributed by atoms with E-state index in [0.717, 1.165) is 55.5 Å². The number of nitrogens with zero attached hydrogens (tertiary/aromatic N) is 1. The van der Waals surface area contributed by atoms with Crippen LogP contribution in [-0.2, 0) is 22.4 Å². The Kier molecular flexibility index (Phi) is 6.65. The first kappa shape index (κ1) is 21.1. The fourth-order valence-electron chi connectivity index (χ4n) is 4.19. The minimum absolute atomic E-state index is 0.116. The Morgan fingerprint density at radius 1 is 1.13 bits per heavy atom. The van der Waals surface area contributed by atoms with Crippen molar-refractivity contribution in [1.82, 2.24) is 4.98 Å². The van der Waals surface area contributed by atoms with Gasteiger partial charge in [-0.25, -0.2) is 4.98 Å². The molecule has 1 aliphatic heterocycles. The van der Waals surface area contributed by atoms with E-state index in [4.69, 9.17) is 9.40 Å². The molecule has 3 heterocycles. The fraction of sp³-hybridized carbons (Fsp3) is 0.400. The Hall–Kier alpha value is -3.15. The summed E-state index contributed by atoms with van der Waals surface area (Å²) in [5.41, 5.74) is 3.68. The molecule has 0 fully saturated rings. The molecule has 0 amide bonds. The molecule has 4 rings (SSSR count). The van der Waals surface area contributed by atoms with E-state index < -0.39 is 11.9 Å². The van der Waals surface area contributed by atoms with Crippen LogP contribution in [0.2, 0.25) is 0 Å². The van der Waals surface area contributed by atoms with Crippen molar-refractivity contribution < 1.29 is 19.1 Å². The molecule has 1 aromatic carbocycles. The van der Waals surface area contributed by atoms with Crippen LogP contribution in [0.3, 0.4) is 0 Å². The van der Waals surface area contributed by atoms with Crippen molar-refractivity contribution in [2.45, 2.75) is 57.3 Å². The van der Waals surface area contributed by atoms with E-state index >= 15 is 0 Å². The van der Waals surface area contributed by atoms with Crippen molar-refractivity contribution in [1.29, 1.82) is 0 Å². The zero-order valence-corrected chi connectivity index (χ0v) is 17.6. The number of hydrogen-bond donors (Lipinski definition) is 2. The number of anilines is 1.